The van der Waals surface area contributed by atoms with Crippen molar-refractivity contribution in [2.75, 3.05) is 18.1 Å². The number of hydrogen-bond acceptors (Lipinski definition) is 6. The zero-order valence-corrected chi connectivity index (χ0v) is 10.4. The van der Waals surface area contributed by atoms with Gasteiger partial charge in [0.05, 0.1) is 6.54 Å². The van der Waals surface area contributed by atoms with Crippen LogP contribution in [-0.4, -0.2) is 50.2 Å². The summed E-state index contributed by atoms with van der Waals surface area (Å²) in [6, 6.07) is -0.453. The third-order valence-electron chi connectivity index (χ3n) is 2.69. The number of rotatable bonds is 4. The zero-order chi connectivity index (χ0) is 12.3. The van der Waals surface area contributed by atoms with E-state index < -0.39 is 12.0 Å². The molecule has 1 aromatic heterocycles. The maximum Gasteiger partial charge on any atom is 0.321 e. The summed E-state index contributed by atoms with van der Waals surface area (Å²) < 4.78 is 5.08. The molecule has 1 unspecified atom stereocenters. The summed E-state index contributed by atoms with van der Waals surface area (Å²) in [5, 5.41) is 12.9. The molecule has 1 saturated heterocycles. The van der Waals surface area contributed by atoms with Gasteiger partial charge in [0.25, 0.3) is 0 Å². The molecule has 0 radical (unpaired) electrons. The van der Waals surface area contributed by atoms with Crippen LogP contribution in [0.15, 0.2) is 4.52 Å². The Labute approximate surface area is 103 Å². The summed E-state index contributed by atoms with van der Waals surface area (Å²) >= 11 is 1.67. The van der Waals surface area contributed by atoms with Crippen molar-refractivity contribution in [2.45, 2.75) is 25.9 Å². The summed E-state index contributed by atoms with van der Waals surface area (Å²) in [5.41, 5.74) is 0. The third-order valence-corrected chi connectivity index (χ3v) is 3.71. The second-order valence-electron chi connectivity index (χ2n) is 3.86. The molecule has 1 aliphatic rings. The first-order chi connectivity index (χ1) is 8.20. The van der Waals surface area contributed by atoms with E-state index in [2.05, 4.69) is 10.1 Å². The predicted octanol–water partition coefficient (Wildman–Crippen LogP) is 0.634. The van der Waals surface area contributed by atoms with Crippen molar-refractivity contribution in [3.8, 4) is 0 Å². The highest BCUT2D eigenvalue weighted by molar-refractivity contribution is 7.99. The molecule has 1 N–H and O–H groups in total. The Kier molecular flexibility index (Phi) is 4.01. The second-order valence-corrected chi connectivity index (χ2v) is 5.01. The molecule has 1 fully saturated rings. The maximum atomic E-state index is 11.1. The van der Waals surface area contributed by atoms with Crippen LogP contribution >= 0.6 is 11.8 Å². The Hall–Kier alpha value is -1.08. The quantitative estimate of drug-likeness (QED) is 0.847. The van der Waals surface area contributed by atoms with E-state index in [1.807, 2.05) is 11.8 Å². The number of aryl methyl sites for hydroxylation is 1. The van der Waals surface area contributed by atoms with E-state index >= 15 is 0 Å². The molecule has 0 saturated carbocycles. The Balaban J connectivity index is 2.02. The third kappa shape index (κ3) is 2.98. The molecule has 1 atom stereocenters. The summed E-state index contributed by atoms with van der Waals surface area (Å²) in [6.45, 7) is 3.11. The van der Waals surface area contributed by atoms with Gasteiger partial charge in [-0.15, -0.1) is 0 Å². The fourth-order valence-corrected chi connectivity index (χ4v) is 2.83. The van der Waals surface area contributed by atoms with Crippen molar-refractivity contribution >= 4 is 17.7 Å². The molecule has 0 spiro atoms. The van der Waals surface area contributed by atoms with E-state index in [1.165, 1.54) is 0 Å². The minimum absolute atomic E-state index is 0.421. The van der Waals surface area contributed by atoms with Gasteiger partial charge >= 0.3 is 5.97 Å². The number of carbonyl (C=O) groups is 1. The highest BCUT2D eigenvalue weighted by Gasteiger charge is 2.29. The molecule has 7 heteroatoms. The summed E-state index contributed by atoms with van der Waals surface area (Å²) in [5.74, 6) is 1.94. The predicted molar refractivity (Wildman–Crippen MR) is 62.8 cm³/mol. The highest BCUT2D eigenvalue weighted by Crippen LogP contribution is 2.18. The van der Waals surface area contributed by atoms with Crippen molar-refractivity contribution in [1.29, 1.82) is 0 Å². The first-order valence-electron chi connectivity index (χ1n) is 5.56. The number of carboxylic acid groups (broad SMARTS) is 1. The lowest BCUT2D eigenvalue weighted by molar-refractivity contribution is -0.142. The molecule has 6 nitrogen and oxygen atoms in total. The first kappa shape index (κ1) is 12.4. The number of nitrogens with zero attached hydrogens (tertiary/aromatic N) is 3. The molecule has 2 rings (SSSR count). The topological polar surface area (TPSA) is 79.5 Å². The van der Waals surface area contributed by atoms with Gasteiger partial charge in [0.15, 0.2) is 5.82 Å². The van der Waals surface area contributed by atoms with E-state index in [-0.39, 0.29) is 0 Å². The van der Waals surface area contributed by atoms with Gasteiger partial charge in [-0.2, -0.15) is 16.7 Å². The van der Waals surface area contributed by atoms with Crippen molar-refractivity contribution < 1.29 is 14.4 Å². The average molecular weight is 257 g/mol. The van der Waals surface area contributed by atoms with Gasteiger partial charge in [-0.25, -0.2) is 0 Å². The Morgan fingerprint density at radius 1 is 1.71 bits per heavy atom. The number of carboxylic acids is 1. The molecular weight excluding hydrogens is 242 g/mol. The minimum atomic E-state index is -0.785. The van der Waals surface area contributed by atoms with Crippen molar-refractivity contribution in [1.82, 2.24) is 15.0 Å². The van der Waals surface area contributed by atoms with Crippen LogP contribution in [0.1, 0.15) is 18.6 Å². The van der Waals surface area contributed by atoms with Gasteiger partial charge in [0, 0.05) is 24.5 Å². The first-order valence-corrected chi connectivity index (χ1v) is 6.72. The standard InChI is InChI=1S/C10H15N3O3S/c1-2-8-11-9(16-12-8)5-13-3-4-17-6-7(13)10(14)15/h7H,2-6H2,1H3,(H,14,15). The van der Waals surface area contributed by atoms with Crippen molar-refractivity contribution in [3.63, 3.8) is 0 Å². The van der Waals surface area contributed by atoms with Gasteiger partial charge in [-0.05, 0) is 0 Å². The highest BCUT2D eigenvalue weighted by atomic mass is 32.2. The minimum Gasteiger partial charge on any atom is -0.480 e. The van der Waals surface area contributed by atoms with E-state index in [4.69, 9.17) is 9.63 Å². The summed E-state index contributed by atoms with van der Waals surface area (Å²) in [6.07, 6.45) is 0.724. The molecule has 2 heterocycles. The molecule has 0 amide bonds. The van der Waals surface area contributed by atoms with Gasteiger partial charge in [0.1, 0.15) is 6.04 Å². The van der Waals surface area contributed by atoms with Gasteiger partial charge in [-0.3, -0.25) is 9.69 Å². The van der Waals surface area contributed by atoms with Crippen LogP contribution in [0, 0.1) is 0 Å². The smallest absolute Gasteiger partial charge is 0.321 e. The molecule has 94 valence electrons. The summed E-state index contributed by atoms with van der Waals surface area (Å²) in [4.78, 5) is 17.2. The largest absolute Gasteiger partial charge is 0.480 e. The van der Waals surface area contributed by atoms with Crippen LogP contribution in [0.3, 0.4) is 0 Å². The molecule has 0 aliphatic carbocycles. The summed E-state index contributed by atoms with van der Waals surface area (Å²) in [7, 11) is 0. The molecule has 0 bridgehead atoms. The van der Waals surface area contributed by atoms with E-state index in [1.54, 1.807) is 11.8 Å². The number of aromatic nitrogens is 2. The fourth-order valence-electron chi connectivity index (χ4n) is 1.73. The van der Waals surface area contributed by atoms with Crippen LogP contribution in [0.25, 0.3) is 0 Å². The van der Waals surface area contributed by atoms with Crippen LogP contribution in [0.4, 0.5) is 0 Å². The van der Waals surface area contributed by atoms with Crippen LogP contribution in [0.5, 0.6) is 0 Å². The maximum absolute atomic E-state index is 11.1. The second kappa shape index (κ2) is 5.50. The lowest BCUT2D eigenvalue weighted by Gasteiger charge is -2.31. The van der Waals surface area contributed by atoms with Crippen molar-refractivity contribution in [3.05, 3.63) is 11.7 Å². The normalized spacial score (nSPS) is 21.6. The van der Waals surface area contributed by atoms with Gasteiger partial charge in [-0.1, -0.05) is 12.1 Å². The molecule has 1 aromatic rings. The zero-order valence-electron chi connectivity index (χ0n) is 9.63. The molecule has 17 heavy (non-hydrogen) atoms. The molecular formula is C10H15N3O3S. The van der Waals surface area contributed by atoms with Gasteiger partial charge in [0.2, 0.25) is 5.89 Å². The van der Waals surface area contributed by atoms with E-state index in [0.29, 0.717) is 24.0 Å². The number of thioether (sulfide) groups is 1. The van der Waals surface area contributed by atoms with E-state index in [0.717, 1.165) is 18.7 Å². The molecule has 1 aliphatic heterocycles. The monoisotopic (exact) mass is 257 g/mol. The SMILES string of the molecule is CCc1noc(CN2CCSCC2C(=O)O)n1. The Morgan fingerprint density at radius 3 is 3.18 bits per heavy atom. The van der Waals surface area contributed by atoms with E-state index in [9.17, 15) is 4.79 Å². The number of hydrogen-bond donors (Lipinski definition) is 1. The lowest BCUT2D eigenvalue weighted by Crippen LogP contribution is -2.46. The Bertz CT molecular complexity index is 396. The number of aliphatic carboxylic acids is 1. The van der Waals surface area contributed by atoms with Crippen molar-refractivity contribution in [2.24, 2.45) is 0 Å². The fraction of sp³-hybridized carbons (Fsp3) is 0.700. The molecule has 0 aromatic carbocycles. The average Bonchev–Trinajstić information content (AvgIpc) is 2.77. The van der Waals surface area contributed by atoms with Gasteiger partial charge < -0.3 is 9.63 Å². The lowest BCUT2D eigenvalue weighted by atomic mass is 10.2. The van der Waals surface area contributed by atoms with Crippen LogP contribution in [-0.2, 0) is 17.8 Å². The Morgan fingerprint density at radius 2 is 2.53 bits per heavy atom. The van der Waals surface area contributed by atoms with Crippen LogP contribution < -0.4 is 0 Å². The van der Waals surface area contributed by atoms with Crippen LogP contribution in [0.2, 0.25) is 0 Å².